The zero-order valence-corrected chi connectivity index (χ0v) is 8.71. The van der Waals surface area contributed by atoms with Crippen LogP contribution in [0.2, 0.25) is 0 Å². The summed E-state index contributed by atoms with van der Waals surface area (Å²) < 4.78 is 37.0. The van der Waals surface area contributed by atoms with Crippen LogP contribution in [0.25, 0.3) is 0 Å². The van der Waals surface area contributed by atoms with Crippen molar-refractivity contribution in [3.05, 3.63) is 34.9 Å². The van der Waals surface area contributed by atoms with Gasteiger partial charge in [-0.1, -0.05) is 17.9 Å². The molecule has 0 radical (unpaired) electrons. The quantitative estimate of drug-likeness (QED) is 0.474. The molecule has 0 nitrogen and oxygen atoms in total. The molecule has 0 amide bonds. The minimum Gasteiger partial charge on any atom is -0.166 e. The first kappa shape index (κ1) is 11.9. The number of benzene rings is 1. The first-order valence-corrected chi connectivity index (χ1v) is 4.71. The zero-order chi connectivity index (χ0) is 11.5. The van der Waals surface area contributed by atoms with E-state index < -0.39 is 11.7 Å². The summed E-state index contributed by atoms with van der Waals surface area (Å²) >= 11 is 5.34. The molecule has 0 saturated carbocycles. The van der Waals surface area contributed by atoms with Gasteiger partial charge >= 0.3 is 6.18 Å². The van der Waals surface area contributed by atoms with Crippen molar-refractivity contribution in [2.75, 3.05) is 5.88 Å². The van der Waals surface area contributed by atoms with Crippen molar-refractivity contribution in [3.8, 4) is 11.8 Å². The Morgan fingerprint density at radius 2 is 2.00 bits per heavy atom. The van der Waals surface area contributed by atoms with Crippen molar-refractivity contribution in [3.63, 3.8) is 0 Å². The minimum absolute atomic E-state index is 0.107. The molecule has 0 fully saturated rings. The van der Waals surface area contributed by atoms with Crippen LogP contribution in [0.3, 0.4) is 0 Å². The van der Waals surface area contributed by atoms with Crippen molar-refractivity contribution in [2.45, 2.75) is 13.1 Å². The Bertz CT molecular complexity index is 410. The Kier molecular flexibility index (Phi) is 3.65. The molecule has 1 rings (SSSR count). The van der Waals surface area contributed by atoms with Crippen LogP contribution in [0.15, 0.2) is 18.2 Å². The van der Waals surface area contributed by atoms with Crippen molar-refractivity contribution in [1.29, 1.82) is 0 Å². The summed E-state index contributed by atoms with van der Waals surface area (Å²) in [6, 6.07) is 3.48. The van der Waals surface area contributed by atoms with Crippen LogP contribution < -0.4 is 0 Å². The van der Waals surface area contributed by atoms with E-state index in [-0.39, 0.29) is 5.88 Å². The average Bonchev–Trinajstić information content (AvgIpc) is 2.15. The third-order valence-corrected chi connectivity index (χ3v) is 1.99. The van der Waals surface area contributed by atoms with Gasteiger partial charge in [0.2, 0.25) is 0 Å². The second-order valence-corrected chi connectivity index (χ2v) is 3.23. The lowest BCUT2D eigenvalue weighted by Crippen LogP contribution is -2.05. The largest absolute Gasteiger partial charge is 0.416 e. The number of hydrogen-bond donors (Lipinski definition) is 0. The van der Waals surface area contributed by atoms with E-state index in [1.54, 1.807) is 6.92 Å². The van der Waals surface area contributed by atoms with E-state index in [0.717, 1.165) is 12.1 Å². The molecule has 0 atom stereocenters. The van der Waals surface area contributed by atoms with E-state index >= 15 is 0 Å². The highest BCUT2D eigenvalue weighted by atomic mass is 35.5. The van der Waals surface area contributed by atoms with Gasteiger partial charge in [-0.15, -0.1) is 11.6 Å². The van der Waals surface area contributed by atoms with Crippen LogP contribution in [0, 0.1) is 18.8 Å². The van der Waals surface area contributed by atoms with Gasteiger partial charge in [-0.2, -0.15) is 13.2 Å². The number of rotatable bonds is 0. The molecule has 0 saturated heterocycles. The summed E-state index contributed by atoms with van der Waals surface area (Å²) in [5.74, 6) is 5.23. The lowest BCUT2D eigenvalue weighted by atomic mass is 10.1. The van der Waals surface area contributed by atoms with Crippen LogP contribution >= 0.6 is 11.6 Å². The number of hydrogen-bond acceptors (Lipinski definition) is 0. The predicted octanol–water partition coefficient (Wildman–Crippen LogP) is 3.60. The molecule has 1 aromatic carbocycles. The molecule has 0 aliphatic rings. The minimum atomic E-state index is -4.33. The van der Waals surface area contributed by atoms with Crippen LogP contribution in [-0.4, -0.2) is 5.88 Å². The maximum atomic E-state index is 12.3. The monoisotopic (exact) mass is 232 g/mol. The standard InChI is InChI=1S/C11H8ClF3/c1-8-4-5-10(11(13,14)15)7-9(8)3-2-6-12/h4-5,7H,6H2,1H3. The van der Waals surface area contributed by atoms with E-state index in [0.29, 0.717) is 11.1 Å². The van der Waals surface area contributed by atoms with E-state index in [1.165, 1.54) is 6.07 Å². The molecule has 4 heteroatoms. The predicted molar refractivity (Wildman–Crippen MR) is 53.8 cm³/mol. The normalized spacial score (nSPS) is 10.7. The molecule has 0 aliphatic heterocycles. The van der Waals surface area contributed by atoms with Crippen molar-refractivity contribution < 1.29 is 13.2 Å². The van der Waals surface area contributed by atoms with Gasteiger partial charge < -0.3 is 0 Å². The Labute approximate surface area is 91.1 Å². The fraction of sp³-hybridized carbons (Fsp3) is 0.273. The fourth-order valence-corrected chi connectivity index (χ4v) is 1.13. The lowest BCUT2D eigenvalue weighted by molar-refractivity contribution is -0.137. The van der Waals surface area contributed by atoms with E-state index in [4.69, 9.17) is 11.6 Å². The third-order valence-electron chi connectivity index (χ3n) is 1.85. The molecule has 0 aromatic heterocycles. The summed E-state index contributed by atoms with van der Waals surface area (Å²) in [6.45, 7) is 1.71. The SMILES string of the molecule is Cc1ccc(C(F)(F)F)cc1C#CCCl. The van der Waals surface area contributed by atoms with Crippen LogP contribution in [0.5, 0.6) is 0 Å². The number of halogens is 4. The molecule has 0 aliphatic carbocycles. The topological polar surface area (TPSA) is 0 Å². The van der Waals surface area contributed by atoms with E-state index in [9.17, 15) is 13.2 Å². The van der Waals surface area contributed by atoms with Gasteiger partial charge in [0, 0.05) is 5.56 Å². The van der Waals surface area contributed by atoms with Crippen molar-refractivity contribution >= 4 is 11.6 Å². The van der Waals surface area contributed by atoms with Crippen LogP contribution in [0.4, 0.5) is 13.2 Å². The number of alkyl halides is 4. The van der Waals surface area contributed by atoms with Crippen LogP contribution in [-0.2, 0) is 6.18 Å². The highest BCUT2D eigenvalue weighted by Crippen LogP contribution is 2.30. The summed E-state index contributed by atoms with van der Waals surface area (Å²) in [6.07, 6.45) is -4.33. The summed E-state index contributed by atoms with van der Waals surface area (Å²) in [7, 11) is 0. The molecule has 0 heterocycles. The summed E-state index contributed by atoms with van der Waals surface area (Å²) in [5.41, 5.74) is 0.387. The average molecular weight is 233 g/mol. The van der Waals surface area contributed by atoms with Crippen molar-refractivity contribution in [1.82, 2.24) is 0 Å². The Morgan fingerprint density at radius 3 is 2.53 bits per heavy atom. The molecule has 0 bridgehead atoms. The van der Waals surface area contributed by atoms with Gasteiger partial charge in [0.05, 0.1) is 11.4 Å². The summed E-state index contributed by atoms with van der Waals surface area (Å²) in [4.78, 5) is 0. The lowest BCUT2D eigenvalue weighted by Gasteiger charge is -2.07. The smallest absolute Gasteiger partial charge is 0.166 e. The molecule has 0 spiro atoms. The van der Waals surface area contributed by atoms with Crippen LogP contribution in [0.1, 0.15) is 16.7 Å². The van der Waals surface area contributed by atoms with Gasteiger partial charge in [-0.3, -0.25) is 0 Å². The molecular weight excluding hydrogens is 225 g/mol. The van der Waals surface area contributed by atoms with E-state index in [2.05, 4.69) is 11.8 Å². The molecule has 0 unspecified atom stereocenters. The molecule has 15 heavy (non-hydrogen) atoms. The third kappa shape index (κ3) is 3.17. The highest BCUT2D eigenvalue weighted by Gasteiger charge is 2.30. The Hall–Kier alpha value is -1.14. The molecule has 80 valence electrons. The molecule has 0 N–H and O–H groups in total. The van der Waals surface area contributed by atoms with Crippen molar-refractivity contribution in [2.24, 2.45) is 0 Å². The highest BCUT2D eigenvalue weighted by molar-refractivity contribution is 6.19. The van der Waals surface area contributed by atoms with Gasteiger partial charge in [0.15, 0.2) is 0 Å². The Balaban J connectivity index is 3.17. The number of aryl methyl sites for hydroxylation is 1. The maximum absolute atomic E-state index is 12.3. The Morgan fingerprint density at radius 1 is 1.33 bits per heavy atom. The molecular formula is C11H8ClF3. The maximum Gasteiger partial charge on any atom is 0.416 e. The van der Waals surface area contributed by atoms with Gasteiger partial charge in [0.1, 0.15) is 0 Å². The molecule has 1 aromatic rings. The fourth-order valence-electron chi connectivity index (χ4n) is 1.06. The second-order valence-electron chi connectivity index (χ2n) is 2.96. The summed E-state index contributed by atoms with van der Waals surface area (Å²) in [5, 5.41) is 0. The second kappa shape index (κ2) is 4.59. The van der Waals surface area contributed by atoms with E-state index in [1.807, 2.05) is 0 Å². The van der Waals surface area contributed by atoms with Gasteiger partial charge in [-0.05, 0) is 24.6 Å². The first-order valence-electron chi connectivity index (χ1n) is 4.18. The first-order chi connectivity index (χ1) is 6.95. The van der Waals surface area contributed by atoms with Gasteiger partial charge in [0.25, 0.3) is 0 Å². The zero-order valence-electron chi connectivity index (χ0n) is 7.95. The van der Waals surface area contributed by atoms with Gasteiger partial charge in [-0.25, -0.2) is 0 Å².